The van der Waals surface area contributed by atoms with E-state index in [1.165, 1.54) is 31.3 Å². The molecule has 0 spiro atoms. The second kappa shape index (κ2) is 7.80. The predicted molar refractivity (Wildman–Crippen MR) is 95.0 cm³/mol. The van der Waals surface area contributed by atoms with Crippen molar-refractivity contribution in [3.63, 3.8) is 0 Å². The maximum Gasteiger partial charge on any atom is 0.318 e. The van der Waals surface area contributed by atoms with Crippen LogP contribution in [0.1, 0.15) is 22.8 Å². The van der Waals surface area contributed by atoms with Gasteiger partial charge in [-0.25, -0.2) is 17.9 Å². The molecule has 7 nitrogen and oxygen atoms in total. The van der Waals surface area contributed by atoms with E-state index in [0.717, 1.165) is 5.56 Å². The van der Waals surface area contributed by atoms with Crippen LogP contribution < -0.4 is 15.4 Å². The third-order valence-corrected chi connectivity index (χ3v) is 4.87. The quantitative estimate of drug-likeness (QED) is 0.759. The monoisotopic (exact) mass is 361 g/mol. The zero-order valence-corrected chi connectivity index (χ0v) is 14.7. The Morgan fingerprint density at radius 2 is 1.64 bits per heavy atom. The first-order chi connectivity index (χ1) is 11.9. The van der Waals surface area contributed by atoms with Crippen molar-refractivity contribution in [3.05, 3.63) is 59.7 Å². The molecule has 0 fully saturated rings. The summed E-state index contributed by atoms with van der Waals surface area (Å²) in [6, 6.07) is 11.9. The van der Waals surface area contributed by atoms with Gasteiger partial charge in [0.15, 0.2) is 0 Å². The van der Waals surface area contributed by atoms with Crippen LogP contribution in [0.4, 0.5) is 10.5 Å². The number of hydrogen-bond donors (Lipinski definition) is 3. The van der Waals surface area contributed by atoms with E-state index in [0.29, 0.717) is 17.7 Å². The molecule has 0 aliphatic carbocycles. The minimum absolute atomic E-state index is 0.0720. The number of anilines is 1. The normalized spacial score (nSPS) is 10.8. The molecule has 8 heteroatoms. The minimum Gasteiger partial charge on any atom is -0.341 e. The van der Waals surface area contributed by atoms with E-state index in [4.69, 9.17) is 0 Å². The number of amides is 3. The second-order valence-corrected chi connectivity index (χ2v) is 6.86. The summed E-state index contributed by atoms with van der Waals surface area (Å²) in [6.07, 6.45) is 0.615. The average Bonchev–Trinajstić information content (AvgIpc) is 2.61. The largest absolute Gasteiger partial charge is 0.341 e. The molecule has 3 amide bonds. The molecule has 0 aliphatic heterocycles. The smallest absolute Gasteiger partial charge is 0.318 e. The summed E-state index contributed by atoms with van der Waals surface area (Å²) < 4.78 is 26.8. The molecule has 2 rings (SSSR count). The van der Waals surface area contributed by atoms with Crippen LogP contribution in [0.25, 0.3) is 0 Å². The first-order valence-corrected chi connectivity index (χ1v) is 9.09. The molecule has 3 N–H and O–H groups in total. The average molecular weight is 361 g/mol. The number of carbonyl (C=O) groups is 2. The van der Waals surface area contributed by atoms with E-state index in [9.17, 15) is 18.0 Å². The predicted octanol–water partition coefficient (Wildman–Crippen LogP) is 2.12. The molecule has 0 aromatic heterocycles. The summed E-state index contributed by atoms with van der Waals surface area (Å²) in [5, 5.41) is 4.91. The fourth-order valence-corrected chi connectivity index (χ4v) is 3.16. The highest BCUT2D eigenvalue weighted by Crippen LogP contribution is 2.15. The Morgan fingerprint density at radius 3 is 2.24 bits per heavy atom. The van der Waals surface area contributed by atoms with Gasteiger partial charge in [0.2, 0.25) is 0 Å². The maximum absolute atomic E-state index is 12.4. The summed E-state index contributed by atoms with van der Waals surface area (Å²) in [7, 11) is -2.54. The van der Waals surface area contributed by atoms with Crippen LogP contribution >= 0.6 is 0 Å². The summed E-state index contributed by atoms with van der Waals surface area (Å²) in [4.78, 5) is 23.5. The molecule has 0 unspecified atom stereocenters. The molecule has 132 valence electrons. The molecular weight excluding hydrogens is 342 g/mol. The highest BCUT2D eigenvalue weighted by Gasteiger charge is 2.20. The first kappa shape index (κ1) is 18.5. The van der Waals surface area contributed by atoms with Gasteiger partial charge >= 0.3 is 6.03 Å². The van der Waals surface area contributed by atoms with Gasteiger partial charge in [0, 0.05) is 18.3 Å². The molecule has 0 bridgehead atoms. The summed E-state index contributed by atoms with van der Waals surface area (Å²) in [5.74, 6) is -0.676. The van der Waals surface area contributed by atoms with E-state index in [1.54, 1.807) is 24.3 Å². The third-order valence-electron chi connectivity index (χ3n) is 3.52. The van der Waals surface area contributed by atoms with E-state index in [-0.39, 0.29) is 4.90 Å². The Balaban J connectivity index is 2.18. The van der Waals surface area contributed by atoms with Gasteiger partial charge in [-0.3, -0.25) is 4.79 Å². The third kappa shape index (κ3) is 4.57. The van der Waals surface area contributed by atoms with Gasteiger partial charge in [-0.1, -0.05) is 25.1 Å². The van der Waals surface area contributed by atoms with Crippen molar-refractivity contribution in [2.24, 2.45) is 0 Å². The molecule has 0 heterocycles. The standard InChI is InChI=1S/C17H19N3O4S/c1-3-12-6-4-5-7-15(12)16(21)20-25(23,24)14-10-8-13(9-11-14)19-17(22)18-2/h4-11H,3H2,1-2H3,(H,20,21)(H2,18,19,22). The van der Waals surface area contributed by atoms with Crippen molar-refractivity contribution < 1.29 is 18.0 Å². The Kier molecular flexibility index (Phi) is 5.76. The SMILES string of the molecule is CCc1ccccc1C(=O)NS(=O)(=O)c1ccc(NC(=O)NC)cc1. The van der Waals surface area contributed by atoms with Crippen LogP contribution in [0.15, 0.2) is 53.4 Å². The molecule has 0 atom stereocenters. The van der Waals surface area contributed by atoms with Crippen molar-refractivity contribution in [2.75, 3.05) is 12.4 Å². The number of hydrogen-bond acceptors (Lipinski definition) is 4. The summed E-state index contributed by atoms with van der Waals surface area (Å²) >= 11 is 0. The van der Waals surface area contributed by atoms with Crippen LogP contribution in [0, 0.1) is 0 Å². The molecule has 0 saturated heterocycles. The lowest BCUT2D eigenvalue weighted by molar-refractivity contribution is 0.0980. The Morgan fingerprint density at radius 1 is 1.00 bits per heavy atom. The number of benzene rings is 2. The highest BCUT2D eigenvalue weighted by molar-refractivity contribution is 7.90. The molecular formula is C17H19N3O4S. The Bertz CT molecular complexity index is 877. The lowest BCUT2D eigenvalue weighted by Crippen LogP contribution is -2.31. The summed E-state index contributed by atoms with van der Waals surface area (Å²) in [6.45, 7) is 1.89. The number of rotatable bonds is 5. The number of carbonyl (C=O) groups excluding carboxylic acids is 2. The molecule has 0 saturated carbocycles. The number of urea groups is 1. The lowest BCUT2D eigenvalue weighted by Gasteiger charge is -2.10. The van der Waals surface area contributed by atoms with Crippen molar-refractivity contribution in [1.82, 2.24) is 10.0 Å². The van der Waals surface area contributed by atoms with Crippen LogP contribution in [0.3, 0.4) is 0 Å². The number of nitrogens with one attached hydrogen (secondary N) is 3. The molecule has 25 heavy (non-hydrogen) atoms. The van der Waals surface area contributed by atoms with Crippen molar-refractivity contribution in [2.45, 2.75) is 18.2 Å². The maximum atomic E-state index is 12.4. The fourth-order valence-electron chi connectivity index (χ4n) is 2.20. The first-order valence-electron chi connectivity index (χ1n) is 7.61. The van der Waals surface area contributed by atoms with Gasteiger partial charge in [-0.15, -0.1) is 0 Å². The number of sulfonamides is 1. The minimum atomic E-state index is -4.01. The van der Waals surface area contributed by atoms with Gasteiger partial charge in [0.1, 0.15) is 0 Å². The van der Waals surface area contributed by atoms with E-state index < -0.39 is 22.0 Å². The zero-order chi connectivity index (χ0) is 18.4. The van der Waals surface area contributed by atoms with Crippen molar-refractivity contribution >= 4 is 27.6 Å². The van der Waals surface area contributed by atoms with Gasteiger partial charge in [0.25, 0.3) is 15.9 Å². The Hall–Kier alpha value is -2.87. The van der Waals surface area contributed by atoms with Gasteiger partial charge < -0.3 is 10.6 Å². The van der Waals surface area contributed by atoms with E-state index in [1.807, 2.05) is 6.92 Å². The van der Waals surface area contributed by atoms with E-state index in [2.05, 4.69) is 15.4 Å². The van der Waals surface area contributed by atoms with Crippen molar-refractivity contribution in [1.29, 1.82) is 0 Å². The van der Waals surface area contributed by atoms with Crippen LogP contribution in [0.5, 0.6) is 0 Å². The van der Waals surface area contributed by atoms with Gasteiger partial charge in [0.05, 0.1) is 4.90 Å². The topological polar surface area (TPSA) is 104 Å². The van der Waals surface area contributed by atoms with Crippen molar-refractivity contribution in [3.8, 4) is 0 Å². The molecule has 0 radical (unpaired) electrons. The fraction of sp³-hybridized carbons (Fsp3) is 0.176. The molecule has 2 aromatic rings. The number of aryl methyl sites for hydroxylation is 1. The zero-order valence-electron chi connectivity index (χ0n) is 13.9. The molecule has 2 aromatic carbocycles. The van der Waals surface area contributed by atoms with Gasteiger partial charge in [-0.2, -0.15) is 0 Å². The lowest BCUT2D eigenvalue weighted by atomic mass is 10.1. The van der Waals surface area contributed by atoms with Crippen LogP contribution in [0.2, 0.25) is 0 Å². The van der Waals surface area contributed by atoms with Crippen LogP contribution in [-0.4, -0.2) is 27.4 Å². The highest BCUT2D eigenvalue weighted by atomic mass is 32.2. The van der Waals surface area contributed by atoms with E-state index >= 15 is 0 Å². The Labute approximate surface area is 146 Å². The van der Waals surface area contributed by atoms with Crippen LogP contribution in [-0.2, 0) is 16.4 Å². The summed E-state index contributed by atoms with van der Waals surface area (Å²) in [5.41, 5.74) is 1.52. The second-order valence-electron chi connectivity index (χ2n) is 5.17. The van der Waals surface area contributed by atoms with Gasteiger partial charge in [-0.05, 0) is 42.3 Å². The molecule has 0 aliphatic rings.